The molecule has 1 N–H and O–H groups in total. The lowest BCUT2D eigenvalue weighted by Crippen LogP contribution is -2.32. The monoisotopic (exact) mass is 250 g/mol. The maximum atomic E-state index is 3.42. The highest BCUT2D eigenvalue weighted by molar-refractivity contribution is 7.99. The van der Waals surface area contributed by atoms with Crippen molar-refractivity contribution in [3.8, 4) is 0 Å². The average Bonchev–Trinajstić information content (AvgIpc) is 2.39. The van der Waals surface area contributed by atoms with Gasteiger partial charge >= 0.3 is 0 Å². The minimum Gasteiger partial charge on any atom is -0.313 e. The fourth-order valence-electron chi connectivity index (χ4n) is 2.14. The third kappa shape index (κ3) is 4.02. The van der Waals surface area contributed by atoms with Gasteiger partial charge < -0.3 is 5.32 Å². The van der Waals surface area contributed by atoms with Crippen molar-refractivity contribution in [3.05, 3.63) is 35.4 Å². The molecule has 2 rings (SSSR count). The van der Waals surface area contributed by atoms with Crippen molar-refractivity contribution >= 4 is 11.8 Å². The molecule has 1 aliphatic heterocycles. The molecule has 1 aromatic carbocycles. The van der Waals surface area contributed by atoms with Crippen molar-refractivity contribution in [2.75, 3.05) is 31.1 Å². The van der Waals surface area contributed by atoms with Gasteiger partial charge in [-0.05, 0) is 17.7 Å². The third-order valence-electron chi connectivity index (χ3n) is 3.18. The van der Waals surface area contributed by atoms with Crippen LogP contribution >= 0.6 is 11.8 Å². The number of hydrogen-bond donors (Lipinski definition) is 1. The van der Waals surface area contributed by atoms with Crippen LogP contribution in [0.5, 0.6) is 0 Å². The van der Waals surface area contributed by atoms with Gasteiger partial charge in [-0.1, -0.05) is 31.2 Å². The molecule has 94 valence electrons. The summed E-state index contributed by atoms with van der Waals surface area (Å²) in [5.41, 5.74) is 2.94. The van der Waals surface area contributed by atoms with Crippen LogP contribution in [0.25, 0.3) is 0 Å². The molecule has 1 aliphatic rings. The second-order valence-electron chi connectivity index (χ2n) is 4.44. The minimum atomic E-state index is 0.995. The first kappa shape index (κ1) is 12.9. The topological polar surface area (TPSA) is 15.3 Å². The molecule has 0 saturated carbocycles. The summed E-state index contributed by atoms with van der Waals surface area (Å²) >= 11 is 2.07. The number of benzene rings is 1. The molecule has 0 radical (unpaired) electrons. The first-order valence-electron chi connectivity index (χ1n) is 6.47. The van der Waals surface area contributed by atoms with E-state index in [9.17, 15) is 0 Å². The molecule has 1 saturated heterocycles. The molecule has 0 amide bonds. The van der Waals surface area contributed by atoms with E-state index in [1.54, 1.807) is 0 Å². The van der Waals surface area contributed by atoms with Crippen LogP contribution in [0.15, 0.2) is 24.3 Å². The molecule has 0 aromatic heterocycles. The SMILES string of the molecule is CCNCc1ccccc1CN1CCSCC1. The Hall–Kier alpha value is -0.510. The Kier molecular flexibility index (Phi) is 5.36. The zero-order chi connectivity index (χ0) is 11.9. The second-order valence-corrected chi connectivity index (χ2v) is 5.66. The van der Waals surface area contributed by atoms with Crippen molar-refractivity contribution in [1.29, 1.82) is 0 Å². The van der Waals surface area contributed by atoms with Crippen molar-refractivity contribution in [2.24, 2.45) is 0 Å². The van der Waals surface area contributed by atoms with Crippen molar-refractivity contribution in [2.45, 2.75) is 20.0 Å². The summed E-state index contributed by atoms with van der Waals surface area (Å²) in [5, 5.41) is 3.42. The van der Waals surface area contributed by atoms with Crippen LogP contribution in [0.3, 0.4) is 0 Å². The minimum absolute atomic E-state index is 0.995. The zero-order valence-corrected chi connectivity index (χ0v) is 11.4. The van der Waals surface area contributed by atoms with Crippen molar-refractivity contribution < 1.29 is 0 Å². The van der Waals surface area contributed by atoms with E-state index in [1.165, 1.54) is 35.7 Å². The van der Waals surface area contributed by atoms with Gasteiger partial charge in [-0.15, -0.1) is 0 Å². The number of rotatable bonds is 5. The van der Waals surface area contributed by atoms with E-state index >= 15 is 0 Å². The molecular formula is C14H22N2S. The summed E-state index contributed by atoms with van der Waals surface area (Å²) in [6.07, 6.45) is 0. The molecule has 0 atom stereocenters. The normalized spacial score (nSPS) is 17.2. The molecule has 2 nitrogen and oxygen atoms in total. The number of nitrogens with one attached hydrogen (secondary N) is 1. The maximum absolute atomic E-state index is 3.42. The smallest absolute Gasteiger partial charge is 0.0237 e. The number of hydrogen-bond acceptors (Lipinski definition) is 3. The Balaban J connectivity index is 1.98. The maximum Gasteiger partial charge on any atom is 0.0237 e. The summed E-state index contributed by atoms with van der Waals surface area (Å²) < 4.78 is 0. The number of nitrogens with zero attached hydrogens (tertiary/aromatic N) is 1. The molecule has 17 heavy (non-hydrogen) atoms. The molecule has 1 fully saturated rings. The summed E-state index contributed by atoms with van der Waals surface area (Å²) in [6.45, 7) is 7.77. The summed E-state index contributed by atoms with van der Waals surface area (Å²) in [7, 11) is 0. The summed E-state index contributed by atoms with van der Waals surface area (Å²) in [6, 6.07) is 8.82. The standard InChI is InChI=1S/C14H22N2S/c1-2-15-11-13-5-3-4-6-14(13)12-16-7-9-17-10-8-16/h3-6,15H,2,7-12H2,1H3. The second kappa shape index (κ2) is 7.04. The Morgan fingerprint density at radius 1 is 1.18 bits per heavy atom. The molecule has 0 bridgehead atoms. The Labute approximate surface area is 109 Å². The van der Waals surface area contributed by atoms with E-state index in [2.05, 4.69) is 53.2 Å². The van der Waals surface area contributed by atoms with Gasteiger partial charge in [0, 0.05) is 37.7 Å². The first-order valence-corrected chi connectivity index (χ1v) is 7.63. The molecule has 1 heterocycles. The number of thioether (sulfide) groups is 1. The van der Waals surface area contributed by atoms with E-state index in [0.29, 0.717) is 0 Å². The fourth-order valence-corrected chi connectivity index (χ4v) is 3.12. The van der Waals surface area contributed by atoms with E-state index < -0.39 is 0 Å². The lowest BCUT2D eigenvalue weighted by molar-refractivity contribution is 0.293. The van der Waals surface area contributed by atoms with Gasteiger partial charge in [0.2, 0.25) is 0 Å². The highest BCUT2D eigenvalue weighted by Gasteiger charge is 2.12. The first-order chi connectivity index (χ1) is 8.40. The fraction of sp³-hybridized carbons (Fsp3) is 0.571. The quantitative estimate of drug-likeness (QED) is 0.863. The van der Waals surface area contributed by atoms with Gasteiger partial charge in [0.1, 0.15) is 0 Å². The largest absolute Gasteiger partial charge is 0.313 e. The van der Waals surface area contributed by atoms with Gasteiger partial charge in [-0.25, -0.2) is 0 Å². The Bertz CT molecular complexity index is 335. The highest BCUT2D eigenvalue weighted by atomic mass is 32.2. The molecule has 0 aliphatic carbocycles. The predicted octanol–water partition coefficient (Wildman–Crippen LogP) is 2.34. The zero-order valence-electron chi connectivity index (χ0n) is 10.6. The van der Waals surface area contributed by atoms with E-state index in [-0.39, 0.29) is 0 Å². The van der Waals surface area contributed by atoms with Crippen LogP contribution in [0.1, 0.15) is 18.1 Å². The van der Waals surface area contributed by atoms with Crippen molar-refractivity contribution in [3.63, 3.8) is 0 Å². The molecule has 0 unspecified atom stereocenters. The average molecular weight is 250 g/mol. The highest BCUT2D eigenvalue weighted by Crippen LogP contribution is 2.15. The molecular weight excluding hydrogens is 228 g/mol. The van der Waals surface area contributed by atoms with Gasteiger partial charge in [-0.3, -0.25) is 4.90 Å². The molecule has 1 aromatic rings. The Morgan fingerprint density at radius 3 is 2.59 bits per heavy atom. The Morgan fingerprint density at radius 2 is 1.88 bits per heavy atom. The van der Waals surface area contributed by atoms with Gasteiger partial charge in [0.05, 0.1) is 0 Å². The van der Waals surface area contributed by atoms with Crippen LogP contribution in [-0.4, -0.2) is 36.0 Å². The molecule has 0 spiro atoms. The molecule has 3 heteroatoms. The van der Waals surface area contributed by atoms with Gasteiger partial charge in [-0.2, -0.15) is 11.8 Å². The van der Waals surface area contributed by atoms with Crippen LogP contribution in [-0.2, 0) is 13.1 Å². The van der Waals surface area contributed by atoms with Crippen molar-refractivity contribution in [1.82, 2.24) is 10.2 Å². The van der Waals surface area contributed by atoms with Crippen LogP contribution in [0.2, 0.25) is 0 Å². The van der Waals surface area contributed by atoms with Crippen LogP contribution in [0, 0.1) is 0 Å². The lowest BCUT2D eigenvalue weighted by Gasteiger charge is -2.27. The van der Waals surface area contributed by atoms with Gasteiger partial charge in [0.15, 0.2) is 0 Å². The summed E-state index contributed by atoms with van der Waals surface area (Å²) in [4.78, 5) is 2.57. The van der Waals surface area contributed by atoms with Crippen LogP contribution in [0.4, 0.5) is 0 Å². The van der Waals surface area contributed by atoms with Crippen LogP contribution < -0.4 is 5.32 Å². The van der Waals surface area contributed by atoms with E-state index in [4.69, 9.17) is 0 Å². The summed E-state index contributed by atoms with van der Waals surface area (Å²) in [5.74, 6) is 2.57. The van der Waals surface area contributed by atoms with Gasteiger partial charge in [0.25, 0.3) is 0 Å². The lowest BCUT2D eigenvalue weighted by atomic mass is 10.1. The van der Waals surface area contributed by atoms with E-state index in [0.717, 1.165) is 19.6 Å². The van der Waals surface area contributed by atoms with E-state index in [1.807, 2.05) is 0 Å². The third-order valence-corrected chi connectivity index (χ3v) is 4.12. The predicted molar refractivity (Wildman–Crippen MR) is 76.4 cm³/mol.